The zero-order valence-electron chi connectivity index (χ0n) is 17.7. The summed E-state index contributed by atoms with van der Waals surface area (Å²) in [6.07, 6.45) is 0. The van der Waals surface area contributed by atoms with Crippen molar-refractivity contribution in [1.29, 1.82) is 0 Å². The molecule has 4 heteroatoms. The molecule has 7 aromatic rings. The summed E-state index contributed by atoms with van der Waals surface area (Å²) in [6, 6.07) is 27.5. The molecule has 0 bridgehead atoms. The van der Waals surface area contributed by atoms with Gasteiger partial charge in [0.2, 0.25) is 10.9 Å². The van der Waals surface area contributed by atoms with Crippen molar-refractivity contribution in [3.05, 3.63) is 126 Å². The summed E-state index contributed by atoms with van der Waals surface area (Å²) in [6.45, 7) is 0. The number of rotatable bonds is 0. The lowest BCUT2D eigenvalue weighted by Gasteiger charge is -2.15. The number of benzene rings is 7. The Labute approximate surface area is 190 Å². The van der Waals surface area contributed by atoms with E-state index in [4.69, 9.17) is 0 Å². The first-order chi connectivity index (χ1) is 16.5. The molecule has 0 saturated carbocycles. The number of fused-ring (bicyclic) bond motifs is 11. The molecule has 0 aliphatic heterocycles. The highest BCUT2D eigenvalue weighted by atomic mass is 16.2. The summed E-state index contributed by atoms with van der Waals surface area (Å²) in [5.74, 6) is 0. The SMILES string of the molecule is O=c1c(=O)c(=O)c2c(ccc3c4cc5ccccc5cc4c4c5ccccc5ccc4c32)c1=O. The van der Waals surface area contributed by atoms with Crippen LogP contribution in [-0.4, -0.2) is 0 Å². The topological polar surface area (TPSA) is 68.3 Å². The number of hydrogen-bond acceptors (Lipinski definition) is 4. The quantitative estimate of drug-likeness (QED) is 0.191. The van der Waals surface area contributed by atoms with Gasteiger partial charge in [0, 0.05) is 16.2 Å². The van der Waals surface area contributed by atoms with Crippen molar-refractivity contribution in [1.82, 2.24) is 0 Å². The second-order valence-electron chi connectivity index (χ2n) is 8.68. The van der Waals surface area contributed by atoms with E-state index in [9.17, 15) is 19.2 Å². The van der Waals surface area contributed by atoms with Crippen molar-refractivity contribution in [3.8, 4) is 0 Å². The Morgan fingerprint density at radius 2 is 0.912 bits per heavy atom. The molecule has 7 rings (SSSR count). The first-order valence-corrected chi connectivity index (χ1v) is 10.9. The molecule has 0 spiro atoms. The maximum Gasteiger partial charge on any atom is 0.277 e. The molecule has 0 heterocycles. The Hall–Kier alpha value is -4.70. The van der Waals surface area contributed by atoms with Crippen molar-refractivity contribution in [2.75, 3.05) is 0 Å². The lowest BCUT2D eigenvalue weighted by atomic mass is 9.87. The van der Waals surface area contributed by atoms with Crippen molar-refractivity contribution in [3.63, 3.8) is 0 Å². The lowest BCUT2D eigenvalue weighted by molar-refractivity contribution is 1.40. The molecular formula is C30H14O4. The molecule has 0 N–H and O–H groups in total. The molecule has 0 aliphatic carbocycles. The number of hydrogen-bond donors (Lipinski definition) is 0. The van der Waals surface area contributed by atoms with Gasteiger partial charge in [-0.3, -0.25) is 19.2 Å². The van der Waals surface area contributed by atoms with Crippen molar-refractivity contribution in [2.24, 2.45) is 0 Å². The predicted molar refractivity (Wildman–Crippen MR) is 139 cm³/mol. The van der Waals surface area contributed by atoms with Crippen LogP contribution in [-0.2, 0) is 0 Å². The molecule has 34 heavy (non-hydrogen) atoms. The van der Waals surface area contributed by atoms with E-state index in [1.54, 1.807) is 6.07 Å². The Kier molecular flexibility index (Phi) is 3.56. The monoisotopic (exact) mass is 438 g/mol. The molecule has 4 nitrogen and oxygen atoms in total. The summed E-state index contributed by atoms with van der Waals surface area (Å²) < 4.78 is 0. The fourth-order valence-electron chi connectivity index (χ4n) is 5.41. The second kappa shape index (κ2) is 6.42. The minimum atomic E-state index is -1.27. The molecule has 0 saturated heterocycles. The van der Waals surface area contributed by atoms with Crippen molar-refractivity contribution < 1.29 is 0 Å². The first kappa shape index (κ1) is 18.8. The van der Waals surface area contributed by atoms with Crippen LogP contribution in [0.2, 0.25) is 0 Å². The molecular weight excluding hydrogens is 424 g/mol. The average Bonchev–Trinajstić information content (AvgIpc) is 2.88. The van der Waals surface area contributed by atoms with Gasteiger partial charge in [0.1, 0.15) is 0 Å². The summed E-state index contributed by atoms with van der Waals surface area (Å²) >= 11 is 0. The van der Waals surface area contributed by atoms with E-state index in [1.807, 2.05) is 54.6 Å². The van der Waals surface area contributed by atoms with E-state index in [1.165, 1.54) is 6.07 Å². The molecule has 0 aromatic heterocycles. The van der Waals surface area contributed by atoms with Gasteiger partial charge in [-0.25, -0.2) is 0 Å². The van der Waals surface area contributed by atoms with Gasteiger partial charge in [-0.15, -0.1) is 0 Å². The highest BCUT2D eigenvalue weighted by molar-refractivity contribution is 6.36. The second-order valence-corrected chi connectivity index (χ2v) is 8.68. The van der Waals surface area contributed by atoms with E-state index < -0.39 is 21.7 Å². The van der Waals surface area contributed by atoms with Crippen LogP contribution in [0.3, 0.4) is 0 Å². The van der Waals surface area contributed by atoms with Gasteiger partial charge in [0.05, 0.1) is 0 Å². The van der Waals surface area contributed by atoms with Crippen LogP contribution in [0, 0.1) is 0 Å². The molecule has 0 radical (unpaired) electrons. The van der Waals surface area contributed by atoms with Gasteiger partial charge in [0.15, 0.2) is 0 Å². The maximum absolute atomic E-state index is 13.1. The third-order valence-corrected chi connectivity index (χ3v) is 6.94. The zero-order chi connectivity index (χ0) is 23.1. The summed E-state index contributed by atoms with van der Waals surface area (Å²) in [5, 5.41) is 9.20. The van der Waals surface area contributed by atoms with Gasteiger partial charge >= 0.3 is 0 Å². The highest BCUT2D eigenvalue weighted by Gasteiger charge is 2.19. The third kappa shape index (κ3) is 2.27. The minimum absolute atomic E-state index is 0.00306. The molecule has 158 valence electrons. The van der Waals surface area contributed by atoms with Crippen LogP contribution in [0.15, 0.2) is 104 Å². The van der Waals surface area contributed by atoms with E-state index in [0.29, 0.717) is 5.39 Å². The Balaban J connectivity index is 1.94. The third-order valence-electron chi connectivity index (χ3n) is 6.94. The first-order valence-electron chi connectivity index (χ1n) is 10.9. The minimum Gasteiger partial charge on any atom is -0.285 e. The maximum atomic E-state index is 13.1. The van der Waals surface area contributed by atoms with Crippen molar-refractivity contribution in [2.45, 2.75) is 0 Å². The molecule has 0 aliphatic rings. The standard InChI is InChI=1S/C30H14O4/c31-27-21-12-11-19-22-13-16-6-1-2-7-17(16)14-23(22)24-18-8-4-3-5-15(18)9-10-20(24)25(19)26(21)28(32)30(34)29(27)33/h1-14H. The fourth-order valence-corrected chi connectivity index (χ4v) is 5.41. The van der Waals surface area contributed by atoms with E-state index in [-0.39, 0.29) is 10.8 Å². The highest BCUT2D eigenvalue weighted by Crippen LogP contribution is 2.41. The van der Waals surface area contributed by atoms with Gasteiger partial charge in [-0.05, 0) is 66.7 Å². The Bertz CT molecular complexity index is 2250. The molecule has 0 fully saturated rings. The summed E-state index contributed by atoms with van der Waals surface area (Å²) in [7, 11) is 0. The van der Waals surface area contributed by atoms with Crippen molar-refractivity contribution >= 4 is 64.6 Å². The van der Waals surface area contributed by atoms with E-state index >= 15 is 0 Å². The van der Waals surface area contributed by atoms with E-state index in [0.717, 1.165) is 48.5 Å². The van der Waals surface area contributed by atoms with Crippen LogP contribution in [0.5, 0.6) is 0 Å². The summed E-state index contributed by atoms with van der Waals surface area (Å²) in [5.41, 5.74) is -4.37. The van der Waals surface area contributed by atoms with Gasteiger partial charge in [0.25, 0.3) is 10.9 Å². The Morgan fingerprint density at radius 3 is 1.68 bits per heavy atom. The molecule has 0 unspecified atom stereocenters. The van der Waals surface area contributed by atoms with Crippen LogP contribution < -0.4 is 21.7 Å². The predicted octanol–water partition coefficient (Wildman–Crippen LogP) is 4.92. The van der Waals surface area contributed by atoms with Crippen LogP contribution in [0.25, 0.3) is 64.6 Å². The lowest BCUT2D eigenvalue weighted by Crippen LogP contribution is -2.46. The molecule has 0 atom stereocenters. The fraction of sp³-hybridized carbons (Fsp3) is 0. The van der Waals surface area contributed by atoms with Gasteiger partial charge in [-0.1, -0.05) is 66.7 Å². The smallest absolute Gasteiger partial charge is 0.277 e. The van der Waals surface area contributed by atoms with Crippen LogP contribution >= 0.6 is 0 Å². The normalized spacial score (nSPS) is 12.0. The zero-order valence-corrected chi connectivity index (χ0v) is 17.7. The van der Waals surface area contributed by atoms with Gasteiger partial charge in [-0.2, -0.15) is 0 Å². The van der Waals surface area contributed by atoms with Gasteiger partial charge < -0.3 is 0 Å². The molecule has 7 aromatic carbocycles. The Morgan fingerprint density at radius 1 is 0.324 bits per heavy atom. The van der Waals surface area contributed by atoms with Crippen LogP contribution in [0.4, 0.5) is 0 Å². The largest absolute Gasteiger partial charge is 0.285 e. The van der Waals surface area contributed by atoms with Crippen LogP contribution in [0.1, 0.15) is 0 Å². The molecule has 0 amide bonds. The summed E-state index contributed by atoms with van der Waals surface area (Å²) in [4.78, 5) is 50.3. The average molecular weight is 438 g/mol. The van der Waals surface area contributed by atoms with E-state index in [2.05, 4.69) is 18.2 Å².